The predicted molar refractivity (Wildman–Crippen MR) is 69.9 cm³/mol. The summed E-state index contributed by atoms with van der Waals surface area (Å²) >= 11 is 0. The van der Waals surface area contributed by atoms with Crippen LogP contribution in [-0.2, 0) is 17.6 Å². The molecule has 18 heavy (non-hydrogen) atoms. The fraction of sp³-hybridized carbons (Fsp3) is 0.500. The van der Waals surface area contributed by atoms with Gasteiger partial charge in [-0.1, -0.05) is 6.07 Å². The Labute approximate surface area is 107 Å². The molecular weight excluding hydrogens is 228 g/mol. The molecule has 1 unspecified atom stereocenters. The first-order chi connectivity index (χ1) is 8.52. The Bertz CT molecular complexity index is 539. The third-order valence-corrected chi connectivity index (χ3v) is 3.86. The number of fused-ring (bicyclic) bond motifs is 3. The normalized spacial score (nSPS) is 25.2. The summed E-state index contributed by atoms with van der Waals surface area (Å²) in [4.78, 5) is 11.5. The van der Waals surface area contributed by atoms with Crippen LogP contribution in [0.4, 0.5) is 5.69 Å². The summed E-state index contributed by atoms with van der Waals surface area (Å²) in [6, 6.07) is 2.11. The van der Waals surface area contributed by atoms with Crippen molar-refractivity contribution in [2.45, 2.75) is 38.7 Å². The van der Waals surface area contributed by atoms with E-state index in [1.807, 2.05) is 13.8 Å². The number of nitrogens with one attached hydrogen (secondary N) is 1. The lowest BCUT2D eigenvalue weighted by Crippen LogP contribution is -2.39. The van der Waals surface area contributed by atoms with Crippen LogP contribution in [0.15, 0.2) is 6.07 Å². The Kier molecular flexibility index (Phi) is 2.38. The van der Waals surface area contributed by atoms with Crippen LogP contribution in [0.25, 0.3) is 0 Å². The van der Waals surface area contributed by atoms with Gasteiger partial charge in [0.05, 0.1) is 5.69 Å². The van der Waals surface area contributed by atoms with E-state index in [1.165, 1.54) is 5.56 Å². The van der Waals surface area contributed by atoms with E-state index in [2.05, 4.69) is 11.4 Å². The molecule has 96 valence electrons. The highest BCUT2D eigenvalue weighted by Gasteiger charge is 2.37. The molecule has 1 atom stereocenters. The Hall–Kier alpha value is -1.55. The standard InChI is InChI=1S/C14H18N2O2/c1-8-5-9-6-14(2,7-15)18-13(9)10-3-4-11(17)16-12(8)10/h5H,3-4,6-7,15H2,1-2H3,(H,16,17). The number of carbonyl (C=O) groups is 1. The fourth-order valence-electron chi connectivity index (χ4n) is 2.86. The first kappa shape index (κ1) is 11.5. The van der Waals surface area contributed by atoms with Gasteiger partial charge in [0.1, 0.15) is 11.4 Å². The summed E-state index contributed by atoms with van der Waals surface area (Å²) in [5.74, 6) is 1.04. The molecule has 0 spiro atoms. The number of amides is 1. The number of nitrogens with two attached hydrogens (primary N) is 1. The average molecular weight is 246 g/mol. The monoisotopic (exact) mass is 246 g/mol. The zero-order valence-corrected chi connectivity index (χ0v) is 10.8. The largest absolute Gasteiger partial charge is 0.485 e. The van der Waals surface area contributed by atoms with Gasteiger partial charge >= 0.3 is 0 Å². The second-order valence-electron chi connectivity index (χ2n) is 5.52. The van der Waals surface area contributed by atoms with Crippen molar-refractivity contribution in [3.05, 3.63) is 22.8 Å². The highest BCUT2D eigenvalue weighted by Crippen LogP contribution is 2.44. The van der Waals surface area contributed by atoms with Gasteiger partial charge in [-0.05, 0) is 31.4 Å². The third kappa shape index (κ3) is 1.60. The van der Waals surface area contributed by atoms with E-state index in [0.717, 1.165) is 35.4 Å². The van der Waals surface area contributed by atoms with Gasteiger partial charge < -0.3 is 15.8 Å². The summed E-state index contributed by atoms with van der Waals surface area (Å²) in [7, 11) is 0. The number of aryl methyl sites for hydroxylation is 1. The van der Waals surface area contributed by atoms with Crippen molar-refractivity contribution in [1.29, 1.82) is 0 Å². The first-order valence-corrected chi connectivity index (χ1v) is 6.37. The molecule has 4 heteroatoms. The van der Waals surface area contributed by atoms with Crippen LogP contribution in [-0.4, -0.2) is 18.1 Å². The maximum Gasteiger partial charge on any atom is 0.224 e. The number of carbonyl (C=O) groups excluding carboxylic acids is 1. The highest BCUT2D eigenvalue weighted by molar-refractivity contribution is 5.95. The molecule has 0 radical (unpaired) electrons. The minimum atomic E-state index is -0.300. The molecule has 0 saturated carbocycles. The molecule has 0 saturated heterocycles. The molecule has 1 amide bonds. The van der Waals surface area contributed by atoms with Gasteiger partial charge in [0.15, 0.2) is 0 Å². The SMILES string of the molecule is Cc1cc2c(c3c1NC(=O)CC3)OC(C)(CN)C2. The molecule has 4 nitrogen and oxygen atoms in total. The fourth-order valence-corrected chi connectivity index (χ4v) is 2.86. The van der Waals surface area contributed by atoms with Crippen LogP contribution in [0.2, 0.25) is 0 Å². The Balaban J connectivity index is 2.11. The second kappa shape index (κ2) is 3.72. The number of anilines is 1. The zero-order valence-electron chi connectivity index (χ0n) is 10.8. The zero-order chi connectivity index (χ0) is 12.9. The topological polar surface area (TPSA) is 64.3 Å². The van der Waals surface area contributed by atoms with Gasteiger partial charge in [-0.2, -0.15) is 0 Å². The van der Waals surface area contributed by atoms with Gasteiger partial charge in [0, 0.05) is 24.9 Å². The average Bonchev–Trinajstić information content (AvgIpc) is 2.67. The van der Waals surface area contributed by atoms with E-state index in [1.54, 1.807) is 0 Å². The van der Waals surface area contributed by atoms with E-state index in [-0.39, 0.29) is 11.5 Å². The number of hydrogen-bond donors (Lipinski definition) is 2. The molecule has 3 rings (SSSR count). The lowest BCUT2D eigenvalue weighted by atomic mass is 9.93. The second-order valence-corrected chi connectivity index (χ2v) is 5.52. The maximum absolute atomic E-state index is 11.5. The van der Waals surface area contributed by atoms with Crippen molar-refractivity contribution < 1.29 is 9.53 Å². The predicted octanol–water partition coefficient (Wildman–Crippen LogP) is 1.53. The lowest BCUT2D eigenvalue weighted by Gasteiger charge is -2.24. The summed E-state index contributed by atoms with van der Waals surface area (Å²) < 4.78 is 6.06. The van der Waals surface area contributed by atoms with Crippen LogP contribution in [0, 0.1) is 6.92 Å². The van der Waals surface area contributed by atoms with Crippen LogP contribution in [0.5, 0.6) is 5.75 Å². The van der Waals surface area contributed by atoms with Gasteiger partial charge in [-0.15, -0.1) is 0 Å². The quantitative estimate of drug-likeness (QED) is 0.790. The van der Waals surface area contributed by atoms with Crippen molar-refractivity contribution in [3.63, 3.8) is 0 Å². The van der Waals surface area contributed by atoms with Gasteiger partial charge in [0.25, 0.3) is 0 Å². The number of hydrogen-bond acceptors (Lipinski definition) is 3. The van der Waals surface area contributed by atoms with Gasteiger partial charge in [0.2, 0.25) is 5.91 Å². The molecule has 0 bridgehead atoms. The molecule has 0 aliphatic carbocycles. The van der Waals surface area contributed by atoms with Crippen molar-refractivity contribution in [1.82, 2.24) is 0 Å². The number of rotatable bonds is 1. The number of ether oxygens (including phenoxy) is 1. The number of benzene rings is 1. The molecule has 2 aliphatic rings. The molecule has 1 aromatic rings. The molecule has 2 aliphatic heterocycles. The molecule has 3 N–H and O–H groups in total. The third-order valence-electron chi connectivity index (χ3n) is 3.86. The van der Waals surface area contributed by atoms with Gasteiger partial charge in [-0.3, -0.25) is 4.79 Å². The molecule has 0 fully saturated rings. The smallest absolute Gasteiger partial charge is 0.224 e. The van der Waals surface area contributed by atoms with Crippen LogP contribution >= 0.6 is 0 Å². The Morgan fingerprint density at radius 1 is 1.50 bits per heavy atom. The van der Waals surface area contributed by atoms with Crippen LogP contribution in [0.3, 0.4) is 0 Å². The van der Waals surface area contributed by atoms with Crippen LogP contribution < -0.4 is 15.8 Å². The van der Waals surface area contributed by atoms with Crippen molar-refractivity contribution >= 4 is 11.6 Å². The molecule has 0 aromatic heterocycles. The van der Waals surface area contributed by atoms with E-state index >= 15 is 0 Å². The maximum atomic E-state index is 11.5. The summed E-state index contributed by atoms with van der Waals surface area (Å²) in [6.45, 7) is 4.57. The highest BCUT2D eigenvalue weighted by atomic mass is 16.5. The minimum Gasteiger partial charge on any atom is -0.485 e. The van der Waals surface area contributed by atoms with E-state index in [0.29, 0.717) is 13.0 Å². The van der Waals surface area contributed by atoms with Crippen molar-refractivity contribution in [2.24, 2.45) is 5.73 Å². The summed E-state index contributed by atoms with van der Waals surface area (Å²) in [5, 5.41) is 2.95. The van der Waals surface area contributed by atoms with Gasteiger partial charge in [-0.25, -0.2) is 0 Å². The van der Waals surface area contributed by atoms with E-state index in [4.69, 9.17) is 10.5 Å². The van der Waals surface area contributed by atoms with Crippen molar-refractivity contribution in [2.75, 3.05) is 11.9 Å². The molecule has 2 heterocycles. The minimum absolute atomic E-state index is 0.0881. The Morgan fingerprint density at radius 3 is 3.00 bits per heavy atom. The lowest BCUT2D eigenvalue weighted by molar-refractivity contribution is -0.116. The van der Waals surface area contributed by atoms with Crippen molar-refractivity contribution in [3.8, 4) is 5.75 Å². The van der Waals surface area contributed by atoms with Crippen LogP contribution in [0.1, 0.15) is 30.0 Å². The van der Waals surface area contributed by atoms with E-state index < -0.39 is 0 Å². The first-order valence-electron chi connectivity index (χ1n) is 6.37. The Morgan fingerprint density at radius 2 is 2.28 bits per heavy atom. The molecule has 1 aromatic carbocycles. The summed E-state index contributed by atoms with van der Waals surface area (Å²) in [5.41, 5.74) is 9.90. The molecular formula is C14H18N2O2. The summed E-state index contributed by atoms with van der Waals surface area (Å²) in [6.07, 6.45) is 2.14. The van der Waals surface area contributed by atoms with E-state index in [9.17, 15) is 4.79 Å².